The SMILES string of the molecule is O=C1CC[C@H]2C3=CCO[C@@H]3CCCN12. The summed E-state index contributed by atoms with van der Waals surface area (Å²) in [5, 5.41) is 0. The second-order valence-electron chi connectivity index (χ2n) is 4.31. The van der Waals surface area contributed by atoms with E-state index in [4.69, 9.17) is 4.74 Å². The molecule has 0 saturated carbocycles. The minimum atomic E-state index is 0.316. The van der Waals surface area contributed by atoms with Crippen molar-refractivity contribution in [1.82, 2.24) is 4.90 Å². The molecule has 3 heterocycles. The number of rotatable bonds is 0. The molecule has 2 atom stereocenters. The van der Waals surface area contributed by atoms with Crippen LogP contribution in [0.15, 0.2) is 11.6 Å². The molecule has 0 N–H and O–H groups in total. The minimum Gasteiger partial charge on any atom is -0.370 e. The molecule has 3 aliphatic heterocycles. The average Bonchev–Trinajstić information content (AvgIpc) is 2.72. The third-order valence-electron chi connectivity index (χ3n) is 3.57. The van der Waals surface area contributed by atoms with Gasteiger partial charge in [-0.1, -0.05) is 6.08 Å². The highest BCUT2D eigenvalue weighted by molar-refractivity contribution is 5.79. The quantitative estimate of drug-likeness (QED) is 0.539. The highest BCUT2D eigenvalue weighted by atomic mass is 16.5. The first kappa shape index (κ1) is 8.48. The molecule has 0 radical (unpaired) electrons. The Morgan fingerprint density at radius 2 is 2.36 bits per heavy atom. The highest BCUT2D eigenvalue weighted by Gasteiger charge is 2.39. The molecular weight excluding hydrogens is 178 g/mol. The molecule has 2 saturated heterocycles. The van der Waals surface area contributed by atoms with Crippen LogP contribution in [-0.4, -0.2) is 36.1 Å². The zero-order chi connectivity index (χ0) is 9.54. The number of fused-ring (bicyclic) bond motifs is 3. The number of carbonyl (C=O) groups is 1. The van der Waals surface area contributed by atoms with Crippen LogP contribution in [0.5, 0.6) is 0 Å². The van der Waals surface area contributed by atoms with Gasteiger partial charge in [-0.25, -0.2) is 0 Å². The van der Waals surface area contributed by atoms with Gasteiger partial charge in [0.1, 0.15) is 0 Å². The van der Waals surface area contributed by atoms with E-state index in [1.807, 2.05) is 0 Å². The first-order valence-corrected chi connectivity index (χ1v) is 5.47. The number of hydrogen-bond donors (Lipinski definition) is 0. The Labute approximate surface area is 83.7 Å². The molecule has 0 bridgehead atoms. The van der Waals surface area contributed by atoms with Crippen molar-refractivity contribution in [2.75, 3.05) is 13.2 Å². The van der Waals surface area contributed by atoms with Crippen LogP contribution in [0.2, 0.25) is 0 Å². The minimum absolute atomic E-state index is 0.316. The van der Waals surface area contributed by atoms with Crippen molar-refractivity contribution < 1.29 is 9.53 Å². The van der Waals surface area contributed by atoms with Crippen LogP contribution in [0, 0.1) is 0 Å². The van der Waals surface area contributed by atoms with Gasteiger partial charge in [-0.15, -0.1) is 0 Å². The van der Waals surface area contributed by atoms with E-state index in [2.05, 4.69) is 11.0 Å². The van der Waals surface area contributed by atoms with Crippen LogP contribution < -0.4 is 0 Å². The molecule has 3 rings (SSSR count). The summed E-state index contributed by atoms with van der Waals surface area (Å²) in [6.45, 7) is 1.68. The summed E-state index contributed by atoms with van der Waals surface area (Å²) in [4.78, 5) is 13.7. The molecule has 0 aliphatic carbocycles. The van der Waals surface area contributed by atoms with E-state index in [-0.39, 0.29) is 0 Å². The predicted molar refractivity (Wildman–Crippen MR) is 51.8 cm³/mol. The lowest BCUT2D eigenvalue weighted by Gasteiger charge is -2.23. The summed E-state index contributed by atoms with van der Waals surface area (Å²) in [7, 11) is 0. The Morgan fingerprint density at radius 3 is 3.29 bits per heavy atom. The molecular formula is C11H15NO2. The number of hydrogen-bond acceptors (Lipinski definition) is 2. The monoisotopic (exact) mass is 193 g/mol. The zero-order valence-corrected chi connectivity index (χ0v) is 8.24. The van der Waals surface area contributed by atoms with Crippen LogP contribution in [0.3, 0.4) is 0 Å². The van der Waals surface area contributed by atoms with Crippen molar-refractivity contribution in [1.29, 1.82) is 0 Å². The normalized spacial score (nSPS) is 36.4. The lowest BCUT2D eigenvalue weighted by atomic mass is 9.99. The molecule has 14 heavy (non-hydrogen) atoms. The average molecular weight is 193 g/mol. The summed E-state index contributed by atoms with van der Waals surface area (Å²) in [6, 6.07) is 0.373. The molecule has 3 heteroatoms. The second kappa shape index (κ2) is 3.09. The van der Waals surface area contributed by atoms with Crippen molar-refractivity contribution in [2.45, 2.75) is 37.8 Å². The van der Waals surface area contributed by atoms with Gasteiger partial charge in [-0.3, -0.25) is 4.79 Å². The fourth-order valence-corrected chi connectivity index (χ4v) is 2.90. The topological polar surface area (TPSA) is 29.5 Å². The van der Waals surface area contributed by atoms with Crippen LogP contribution in [-0.2, 0) is 9.53 Å². The molecule has 0 unspecified atom stereocenters. The molecule has 3 nitrogen and oxygen atoms in total. The van der Waals surface area contributed by atoms with Gasteiger partial charge in [0.15, 0.2) is 0 Å². The Bertz CT molecular complexity index is 298. The smallest absolute Gasteiger partial charge is 0.223 e. The number of amides is 1. The van der Waals surface area contributed by atoms with Gasteiger partial charge in [0.25, 0.3) is 0 Å². The molecule has 0 aromatic rings. The summed E-state index contributed by atoms with van der Waals surface area (Å²) < 4.78 is 5.65. The van der Waals surface area contributed by atoms with Gasteiger partial charge < -0.3 is 9.64 Å². The predicted octanol–water partition coefficient (Wildman–Crippen LogP) is 1.10. The molecule has 2 fully saturated rings. The van der Waals surface area contributed by atoms with E-state index in [1.54, 1.807) is 0 Å². The third-order valence-corrected chi connectivity index (χ3v) is 3.57. The van der Waals surface area contributed by atoms with Gasteiger partial charge in [0.2, 0.25) is 5.91 Å². The molecule has 0 aromatic carbocycles. The van der Waals surface area contributed by atoms with Crippen molar-refractivity contribution in [3.8, 4) is 0 Å². The van der Waals surface area contributed by atoms with Crippen LogP contribution >= 0.6 is 0 Å². The maximum Gasteiger partial charge on any atom is 0.223 e. The van der Waals surface area contributed by atoms with Crippen molar-refractivity contribution in [3.63, 3.8) is 0 Å². The fourth-order valence-electron chi connectivity index (χ4n) is 2.90. The zero-order valence-electron chi connectivity index (χ0n) is 8.24. The Balaban J connectivity index is 1.92. The van der Waals surface area contributed by atoms with Gasteiger partial charge >= 0.3 is 0 Å². The largest absolute Gasteiger partial charge is 0.370 e. The van der Waals surface area contributed by atoms with Crippen molar-refractivity contribution >= 4 is 5.91 Å². The second-order valence-corrected chi connectivity index (χ2v) is 4.31. The van der Waals surface area contributed by atoms with Gasteiger partial charge in [0, 0.05) is 13.0 Å². The molecule has 0 spiro atoms. The van der Waals surface area contributed by atoms with Gasteiger partial charge in [-0.05, 0) is 24.8 Å². The maximum absolute atomic E-state index is 11.6. The van der Waals surface area contributed by atoms with Crippen LogP contribution in [0.1, 0.15) is 25.7 Å². The molecule has 76 valence electrons. The Morgan fingerprint density at radius 1 is 1.43 bits per heavy atom. The number of ether oxygens (including phenoxy) is 1. The molecule has 3 aliphatic rings. The van der Waals surface area contributed by atoms with E-state index in [9.17, 15) is 4.79 Å². The van der Waals surface area contributed by atoms with E-state index < -0.39 is 0 Å². The van der Waals surface area contributed by atoms with Crippen molar-refractivity contribution in [2.24, 2.45) is 0 Å². The summed E-state index contributed by atoms with van der Waals surface area (Å²) >= 11 is 0. The molecule has 1 amide bonds. The Kier molecular flexibility index (Phi) is 1.87. The number of nitrogens with zero attached hydrogens (tertiary/aromatic N) is 1. The van der Waals surface area contributed by atoms with E-state index >= 15 is 0 Å². The van der Waals surface area contributed by atoms with E-state index in [0.717, 1.165) is 38.8 Å². The third kappa shape index (κ3) is 1.12. The fraction of sp³-hybridized carbons (Fsp3) is 0.727. The first-order valence-electron chi connectivity index (χ1n) is 5.47. The first-order chi connectivity index (χ1) is 6.86. The lowest BCUT2D eigenvalue weighted by molar-refractivity contribution is -0.128. The van der Waals surface area contributed by atoms with E-state index in [1.165, 1.54) is 5.57 Å². The highest BCUT2D eigenvalue weighted by Crippen LogP contribution is 2.34. The summed E-state index contributed by atoms with van der Waals surface area (Å²) in [6.07, 6.45) is 6.41. The summed E-state index contributed by atoms with van der Waals surface area (Å²) in [5.74, 6) is 0.337. The number of carbonyl (C=O) groups excluding carboxylic acids is 1. The van der Waals surface area contributed by atoms with Crippen LogP contribution in [0.4, 0.5) is 0 Å². The lowest BCUT2D eigenvalue weighted by Crippen LogP contribution is -2.34. The maximum atomic E-state index is 11.6. The summed E-state index contributed by atoms with van der Waals surface area (Å²) in [5.41, 5.74) is 1.38. The molecule has 0 aromatic heterocycles. The van der Waals surface area contributed by atoms with Crippen LogP contribution in [0.25, 0.3) is 0 Å². The van der Waals surface area contributed by atoms with E-state index in [0.29, 0.717) is 18.1 Å². The Hall–Kier alpha value is -0.830. The van der Waals surface area contributed by atoms with Gasteiger partial charge in [-0.2, -0.15) is 0 Å². The standard InChI is InChI=1S/C11H15NO2/c13-11-4-3-9-8-5-7-14-10(8)2-1-6-12(9)11/h5,9-10H,1-4,6-7H2/t9-,10+/m0/s1. The van der Waals surface area contributed by atoms with Crippen molar-refractivity contribution in [3.05, 3.63) is 11.6 Å². The van der Waals surface area contributed by atoms with Gasteiger partial charge in [0.05, 0.1) is 18.8 Å².